The van der Waals surface area contributed by atoms with Crippen LogP contribution in [0.25, 0.3) is 0 Å². The van der Waals surface area contributed by atoms with Crippen LogP contribution in [0.2, 0.25) is 0 Å². The van der Waals surface area contributed by atoms with Crippen molar-refractivity contribution in [2.45, 2.75) is 32.9 Å². The Balaban J connectivity index is 1.93. The number of hydrogen-bond acceptors (Lipinski definition) is 5. The molecule has 0 aromatic carbocycles. The molecule has 2 N–H and O–H groups in total. The van der Waals surface area contributed by atoms with Crippen molar-refractivity contribution >= 4 is 18.0 Å². The maximum Gasteiger partial charge on any atom is 0.258 e. The van der Waals surface area contributed by atoms with E-state index in [9.17, 15) is 4.79 Å². The van der Waals surface area contributed by atoms with Crippen molar-refractivity contribution in [1.82, 2.24) is 19.4 Å². The van der Waals surface area contributed by atoms with Crippen molar-refractivity contribution in [3.63, 3.8) is 0 Å². The summed E-state index contributed by atoms with van der Waals surface area (Å²) in [4.78, 5) is 21.5. The highest BCUT2D eigenvalue weighted by Gasteiger charge is 2.21. The molecule has 0 aliphatic carbocycles. The largest absolute Gasteiger partial charge is 0.358 e. The van der Waals surface area contributed by atoms with Gasteiger partial charge >= 0.3 is 0 Å². The fourth-order valence-electron chi connectivity index (χ4n) is 2.79. The summed E-state index contributed by atoms with van der Waals surface area (Å²) in [5, 5.41) is 3.37. The molecule has 2 aromatic rings. The second-order valence-corrected chi connectivity index (χ2v) is 6.16. The first-order chi connectivity index (χ1) is 11.2. The summed E-state index contributed by atoms with van der Waals surface area (Å²) in [6, 6.07) is 3.90. The van der Waals surface area contributed by atoms with Crippen molar-refractivity contribution in [2.75, 3.05) is 18.5 Å². The van der Waals surface area contributed by atoms with E-state index in [1.54, 1.807) is 6.20 Å². The van der Waals surface area contributed by atoms with Gasteiger partial charge in [-0.15, -0.1) is 0 Å². The molecule has 23 heavy (non-hydrogen) atoms. The lowest BCUT2D eigenvalue weighted by Crippen LogP contribution is -2.39. The lowest BCUT2D eigenvalue weighted by atomic mass is 10.2. The number of rotatable bonds is 5. The Kier molecular flexibility index (Phi) is 4.88. The zero-order valence-corrected chi connectivity index (χ0v) is 14.0. The summed E-state index contributed by atoms with van der Waals surface area (Å²) in [6.45, 7) is 5.14. The van der Waals surface area contributed by atoms with Crippen molar-refractivity contribution in [1.29, 1.82) is 0 Å². The van der Waals surface area contributed by atoms with Crippen LogP contribution in [0.15, 0.2) is 29.3 Å². The van der Waals surface area contributed by atoms with Gasteiger partial charge in [0.2, 0.25) is 0 Å². The van der Waals surface area contributed by atoms with E-state index in [0.717, 1.165) is 43.0 Å². The van der Waals surface area contributed by atoms with E-state index in [1.807, 2.05) is 22.9 Å². The number of nitrogens with zero attached hydrogens (tertiary/aromatic N) is 3. The first-order valence-electron chi connectivity index (χ1n) is 7.90. The molecule has 0 saturated heterocycles. The molecule has 2 aromatic heterocycles. The van der Waals surface area contributed by atoms with Crippen LogP contribution in [0.3, 0.4) is 0 Å². The van der Waals surface area contributed by atoms with Gasteiger partial charge in [-0.1, -0.05) is 19.4 Å². The van der Waals surface area contributed by atoms with Gasteiger partial charge in [-0.05, 0) is 30.3 Å². The molecule has 0 saturated carbocycles. The number of aromatic amines is 1. The quantitative estimate of drug-likeness (QED) is 0.823. The van der Waals surface area contributed by atoms with Crippen LogP contribution in [-0.4, -0.2) is 32.6 Å². The lowest BCUT2D eigenvalue weighted by molar-refractivity contribution is 0.267. The van der Waals surface area contributed by atoms with Gasteiger partial charge in [0.05, 0.1) is 18.8 Å². The summed E-state index contributed by atoms with van der Waals surface area (Å²) >= 11 is 5.36. The number of fused-ring (bicyclic) bond motifs is 1. The van der Waals surface area contributed by atoms with Crippen LogP contribution in [0.4, 0.5) is 5.82 Å². The first-order valence-corrected chi connectivity index (χ1v) is 8.31. The zero-order chi connectivity index (χ0) is 16.2. The molecular weight excluding hydrogens is 310 g/mol. The number of anilines is 1. The van der Waals surface area contributed by atoms with E-state index in [0.29, 0.717) is 17.9 Å². The lowest BCUT2D eigenvalue weighted by Gasteiger charge is -2.31. The molecule has 6 nitrogen and oxygen atoms in total. The summed E-state index contributed by atoms with van der Waals surface area (Å²) in [5.41, 5.74) is 1.71. The summed E-state index contributed by atoms with van der Waals surface area (Å²) in [6.07, 6.45) is 5.83. The van der Waals surface area contributed by atoms with Gasteiger partial charge in [0.15, 0.2) is 4.77 Å². The summed E-state index contributed by atoms with van der Waals surface area (Å²) < 4.78 is 2.38. The number of nitrogens with one attached hydrogen (secondary N) is 2. The van der Waals surface area contributed by atoms with E-state index in [1.165, 1.54) is 0 Å². The Morgan fingerprint density at radius 3 is 3.04 bits per heavy atom. The monoisotopic (exact) mass is 331 g/mol. The maximum absolute atomic E-state index is 12.3. The van der Waals surface area contributed by atoms with Crippen molar-refractivity contribution in [3.8, 4) is 0 Å². The minimum Gasteiger partial charge on any atom is -0.358 e. The van der Waals surface area contributed by atoms with Crippen molar-refractivity contribution < 1.29 is 0 Å². The molecule has 0 radical (unpaired) electrons. The molecule has 1 aliphatic rings. The first kappa shape index (κ1) is 15.9. The SMILES string of the molecule is CCCCN1CNc2c(c(=O)[nH]c(=S)n2Cc2cccnc2)C1. The van der Waals surface area contributed by atoms with Crippen molar-refractivity contribution in [2.24, 2.45) is 0 Å². The van der Waals surface area contributed by atoms with Gasteiger partial charge in [0.1, 0.15) is 5.82 Å². The van der Waals surface area contributed by atoms with Gasteiger partial charge in [0, 0.05) is 25.5 Å². The van der Waals surface area contributed by atoms with Crippen LogP contribution in [0.1, 0.15) is 30.9 Å². The van der Waals surface area contributed by atoms with Crippen molar-refractivity contribution in [3.05, 3.63) is 50.8 Å². The number of H-pyrrole nitrogens is 1. The minimum atomic E-state index is -0.0962. The molecule has 3 heterocycles. The topological polar surface area (TPSA) is 66.0 Å². The predicted octanol–water partition coefficient (Wildman–Crippen LogP) is 2.33. The summed E-state index contributed by atoms with van der Waals surface area (Å²) in [7, 11) is 0. The van der Waals surface area contributed by atoms with Crippen LogP contribution in [0, 0.1) is 4.77 Å². The van der Waals surface area contributed by atoms with E-state index >= 15 is 0 Å². The van der Waals surface area contributed by atoms with E-state index in [2.05, 4.69) is 27.1 Å². The highest BCUT2D eigenvalue weighted by atomic mass is 32.1. The second kappa shape index (κ2) is 7.06. The van der Waals surface area contributed by atoms with Crippen LogP contribution >= 0.6 is 12.2 Å². The minimum absolute atomic E-state index is 0.0962. The standard InChI is InChI=1S/C16H21N5OS/c1-2-3-7-20-10-13-14(18-11-20)21(16(23)19-15(13)22)9-12-5-4-6-17-8-12/h4-6,8,18H,2-3,7,9-11H2,1H3,(H,19,22,23). The molecular formula is C16H21N5OS. The maximum atomic E-state index is 12.3. The van der Waals surface area contributed by atoms with Gasteiger partial charge in [-0.3, -0.25) is 19.7 Å². The third-order valence-corrected chi connectivity index (χ3v) is 4.36. The molecule has 0 bridgehead atoms. The van der Waals surface area contributed by atoms with Crippen LogP contribution in [0.5, 0.6) is 0 Å². The van der Waals surface area contributed by atoms with E-state index in [-0.39, 0.29) is 5.56 Å². The predicted molar refractivity (Wildman–Crippen MR) is 93.0 cm³/mol. The number of pyridine rings is 1. The molecule has 0 fully saturated rings. The Morgan fingerprint density at radius 1 is 1.43 bits per heavy atom. The Hall–Kier alpha value is -1.99. The molecule has 7 heteroatoms. The smallest absolute Gasteiger partial charge is 0.258 e. The molecule has 0 atom stereocenters. The summed E-state index contributed by atoms with van der Waals surface area (Å²) in [5.74, 6) is 0.829. The number of unbranched alkanes of at least 4 members (excludes halogenated alkanes) is 1. The third-order valence-electron chi connectivity index (χ3n) is 4.04. The third kappa shape index (κ3) is 3.51. The average molecular weight is 331 g/mol. The second-order valence-electron chi connectivity index (χ2n) is 5.77. The molecule has 0 unspecified atom stereocenters. The fourth-order valence-corrected chi connectivity index (χ4v) is 3.04. The highest BCUT2D eigenvalue weighted by Crippen LogP contribution is 2.20. The average Bonchev–Trinajstić information content (AvgIpc) is 2.57. The molecule has 0 spiro atoms. The van der Waals surface area contributed by atoms with Crippen LogP contribution in [-0.2, 0) is 13.1 Å². The Morgan fingerprint density at radius 2 is 2.30 bits per heavy atom. The van der Waals surface area contributed by atoms with Crippen LogP contribution < -0.4 is 10.9 Å². The molecule has 0 amide bonds. The van der Waals surface area contributed by atoms with E-state index in [4.69, 9.17) is 12.2 Å². The number of aromatic nitrogens is 3. The van der Waals surface area contributed by atoms with Gasteiger partial charge in [0.25, 0.3) is 5.56 Å². The normalized spacial score (nSPS) is 14.3. The Labute approximate surface area is 140 Å². The van der Waals surface area contributed by atoms with Gasteiger partial charge in [-0.25, -0.2) is 0 Å². The van der Waals surface area contributed by atoms with Gasteiger partial charge < -0.3 is 9.88 Å². The molecule has 1 aliphatic heterocycles. The van der Waals surface area contributed by atoms with E-state index < -0.39 is 0 Å². The van der Waals surface area contributed by atoms with Gasteiger partial charge in [-0.2, -0.15) is 0 Å². The zero-order valence-electron chi connectivity index (χ0n) is 13.2. The number of hydrogen-bond donors (Lipinski definition) is 2. The Bertz CT molecular complexity index is 783. The highest BCUT2D eigenvalue weighted by molar-refractivity contribution is 7.71. The molecule has 122 valence electrons. The fraction of sp³-hybridized carbons (Fsp3) is 0.438. The molecule has 3 rings (SSSR count).